The fourth-order valence-electron chi connectivity index (χ4n) is 2.86. The molecule has 0 aliphatic rings. The molecule has 2 rings (SSSR count). The van der Waals surface area contributed by atoms with Crippen LogP contribution >= 0.6 is 11.8 Å². The van der Waals surface area contributed by atoms with Gasteiger partial charge in [-0.3, -0.25) is 0 Å². The molecule has 0 atom stereocenters. The molecule has 0 aliphatic heterocycles. The van der Waals surface area contributed by atoms with Crippen molar-refractivity contribution in [3.05, 3.63) is 58.7 Å². The van der Waals surface area contributed by atoms with E-state index in [1.807, 2.05) is 11.8 Å². The number of hydrogen-bond donors (Lipinski definition) is 0. The van der Waals surface area contributed by atoms with Gasteiger partial charge in [0, 0.05) is 9.79 Å². The van der Waals surface area contributed by atoms with Crippen molar-refractivity contribution in [2.45, 2.75) is 76.0 Å². The summed E-state index contributed by atoms with van der Waals surface area (Å²) in [7, 11) is 0. The van der Waals surface area contributed by atoms with Crippen LogP contribution in [0.1, 0.15) is 63.8 Å². The molecule has 0 amide bonds. The summed E-state index contributed by atoms with van der Waals surface area (Å²) < 4.78 is 0. The molecular weight excluding hydrogens is 296 g/mol. The average molecular weight is 327 g/mol. The Balaban J connectivity index is 2.62. The molecule has 0 N–H and O–H groups in total. The monoisotopic (exact) mass is 326 g/mol. The molecule has 2 aromatic rings. The van der Waals surface area contributed by atoms with Crippen LogP contribution in [0.2, 0.25) is 0 Å². The number of benzene rings is 2. The van der Waals surface area contributed by atoms with Gasteiger partial charge in [0.2, 0.25) is 0 Å². The average Bonchev–Trinajstić information content (AvgIpc) is 2.40. The third kappa shape index (κ3) is 4.01. The van der Waals surface area contributed by atoms with E-state index in [0.717, 1.165) is 0 Å². The van der Waals surface area contributed by atoms with Crippen molar-refractivity contribution >= 4 is 11.8 Å². The highest BCUT2D eigenvalue weighted by Crippen LogP contribution is 2.43. The molecule has 0 aromatic heterocycles. The zero-order valence-corrected chi connectivity index (χ0v) is 16.7. The molecule has 0 bridgehead atoms. The van der Waals surface area contributed by atoms with Gasteiger partial charge in [0.15, 0.2) is 0 Å². The first-order chi connectivity index (χ1) is 10.5. The summed E-state index contributed by atoms with van der Waals surface area (Å²) in [5, 5.41) is 0. The number of aryl methyl sites for hydroxylation is 2. The summed E-state index contributed by atoms with van der Waals surface area (Å²) in [6.45, 7) is 18.3. The lowest BCUT2D eigenvalue weighted by molar-refractivity contribution is 0.573. The molecule has 0 fully saturated rings. The molecular formula is C22H30S. The molecule has 0 nitrogen and oxygen atoms in total. The molecule has 0 radical (unpaired) electrons. The highest BCUT2D eigenvalue weighted by atomic mass is 32.2. The van der Waals surface area contributed by atoms with Gasteiger partial charge in [-0.15, -0.1) is 0 Å². The van der Waals surface area contributed by atoms with E-state index in [2.05, 4.69) is 91.8 Å². The van der Waals surface area contributed by atoms with Crippen LogP contribution in [-0.4, -0.2) is 0 Å². The highest BCUT2D eigenvalue weighted by molar-refractivity contribution is 7.99. The summed E-state index contributed by atoms with van der Waals surface area (Å²) in [6, 6.07) is 13.4. The van der Waals surface area contributed by atoms with E-state index < -0.39 is 0 Å². The summed E-state index contributed by atoms with van der Waals surface area (Å²) in [5.74, 6) is 0. The van der Waals surface area contributed by atoms with Gasteiger partial charge < -0.3 is 0 Å². The van der Waals surface area contributed by atoms with Crippen LogP contribution in [0.5, 0.6) is 0 Å². The van der Waals surface area contributed by atoms with E-state index in [1.165, 1.54) is 32.0 Å². The standard InChI is InChI=1S/C22H30S/c1-15-11-9-13-17(21(3,4)5)19(15)23-20-16(2)12-10-14-18(20)22(6,7)8/h9-14H,1-8H3. The molecule has 23 heavy (non-hydrogen) atoms. The van der Waals surface area contributed by atoms with Gasteiger partial charge in [0.1, 0.15) is 0 Å². The molecule has 0 aliphatic carbocycles. The Morgan fingerprint density at radius 3 is 1.26 bits per heavy atom. The Bertz CT molecular complexity index is 635. The van der Waals surface area contributed by atoms with Gasteiger partial charge in [0.25, 0.3) is 0 Å². The number of hydrogen-bond acceptors (Lipinski definition) is 1. The van der Waals surface area contributed by atoms with Crippen LogP contribution in [0.4, 0.5) is 0 Å². The van der Waals surface area contributed by atoms with Crippen molar-refractivity contribution in [3.8, 4) is 0 Å². The fraction of sp³-hybridized carbons (Fsp3) is 0.455. The third-order valence-electron chi connectivity index (χ3n) is 4.24. The molecule has 2 aromatic carbocycles. The lowest BCUT2D eigenvalue weighted by Gasteiger charge is -2.27. The first kappa shape index (κ1) is 18.1. The molecule has 0 unspecified atom stereocenters. The maximum atomic E-state index is 2.30. The minimum Gasteiger partial charge on any atom is -0.0889 e. The topological polar surface area (TPSA) is 0 Å². The minimum atomic E-state index is 0.152. The summed E-state index contributed by atoms with van der Waals surface area (Å²) in [4.78, 5) is 2.83. The lowest BCUT2D eigenvalue weighted by atomic mass is 9.86. The van der Waals surface area contributed by atoms with Crippen LogP contribution in [-0.2, 0) is 10.8 Å². The molecule has 0 heterocycles. The van der Waals surface area contributed by atoms with E-state index in [1.54, 1.807) is 0 Å². The normalized spacial score (nSPS) is 12.5. The van der Waals surface area contributed by atoms with E-state index in [0.29, 0.717) is 0 Å². The largest absolute Gasteiger partial charge is 0.0889 e. The van der Waals surface area contributed by atoms with Crippen LogP contribution in [0.3, 0.4) is 0 Å². The van der Waals surface area contributed by atoms with Crippen LogP contribution in [0.25, 0.3) is 0 Å². The van der Waals surface area contributed by atoms with Gasteiger partial charge >= 0.3 is 0 Å². The van der Waals surface area contributed by atoms with Crippen molar-refractivity contribution < 1.29 is 0 Å². The maximum absolute atomic E-state index is 2.30. The summed E-state index contributed by atoms with van der Waals surface area (Å²) >= 11 is 1.95. The van der Waals surface area contributed by atoms with Crippen molar-refractivity contribution in [2.24, 2.45) is 0 Å². The number of rotatable bonds is 2. The zero-order valence-electron chi connectivity index (χ0n) is 15.9. The SMILES string of the molecule is Cc1cccc(C(C)(C)C)c1Sc1c(C)cccc1C(C)(C)C. The van der Waals surface area contributed by atoms with Crippen molar-refractivity contribution in [1.29, 1.82) is 0 Å². The second kappa shape index (κ2) is 6.36. The van der Waals surface area contributed by atoms with E-state index in [4.69, 9.17) is 0 Å². The quantitative estimate of drug-likeness (QED) is 0.569. The smallest absolute Gasteiger partial charge is 0.0189 e. The fourth-order valence-corrected chi connectivity index (χ4v) is 4.49. The lowest BCUT2D eigenvalue weighted by Crippen LogP contribution is -2.15. The Labute approximate surface area is 146 Å². The Morgan fingerprint density at radius 1 is 0.609 bits per heavy atom. The first-order valence-electron chi connectivity index (χ1n) is 8.40. The minimum absolute atomic E-state index is 0.152. The Morgan fingerprint density at radius 2 is 0.957 bits per heavy atom. The van der Waals surface area contributed by atoms with Crippen LogP contribution < -0.4 is 0 Å². The molecule has 1 heteroatoms. The van der Waals surface area contributed by atoms with Crippen molar-refractivity contribution in [2.75, 3.05) is 0 Å². The third-order valence-corrected chi connectivity index (χ3v) is 5.74. The Hall–Kier alpha value is -1.21. The highest BCUT2D eigenvalue weighted by Gasteiger charge is 2.24. The summed E-state index contributed by atoms with van der Waals surface area (Å²) in [6.07, 6.45) is 0. The van der Waals surface area contributed by atoms with E-state index >= 15 is 0 Å². The molecule has 0 saturated carbocycles. The molecule has 124 valence electrons. The summed E-state index contributed by atoms with van der Waals surface area (Å²) in [5.41, 5.74) is 5.91. The second-order valence-corrected chi connectivity index (χ2v) is 9.53. The molecule has 0 saturated heterocycles. The first-order valence-corrected chi connectivity index (χ1v) is 9.21. The van der Waals surface area contributed by atoms with Gasteiger partial charge in [-0.25, -0.2) is 0 Å². The van der Waals surface area contributed by atoms with Crippen LogP contribution in [0.15, 0.2) is 46.2 Å². The second-order valence-electron chi connectivity index (χ2n) is 8.51. The predicted octanol–water partition coefficient (Wildman–Crippen LogP) is 7.05. The zero-order chi connectivity index (χ0) is 17.4. The van der Waals surface area contributed by atoms with Crippen molar-refractivity contribution in [1.82, 2.24) is 0 Å². The maximum Gasteiger partial charge on any atom is 0.0189 e. The van der Waals surface area contributed by atoms with E-state index in [9.17, 15) is 0 Å². The van der Waals surface area contributed by atoms with Gasteiger partial charge in [0.05, 0.1) is 0 Å². The van der Waals surface area contributed by atoms with Gasteiger partial charge in [-0.1, -0.05) is 89.7 Å². The van der Waals surface area contributed by atoms with E-state index in [-0.39, 0.29) is 10.8 Å². The van der Waals surface area contributed by atoms with Gasteiger partial charge in [-0.2, -0.15) is 0 Å². The predicted molar refractivity (Wildman–Crippen MR) is 104 cm³/mol. The van der Waals surface area contributed by atoms with Gasteiger partial charge in [-0.05, 0) is 46.9 Å². The Kier molecular flexibility index (Phi) is 5.01. The van der Waals surface area contributed by atoms with Crippen LogP contribution in [0, 0.1) is 13.8 Å². The van der Waals surface area contributed by atoms with Crippen molar-refractivity contribution in [3.63, 3.8) is 0 Å². The molecule has 0 spiro atoms.